The number of hydrogen-bond acceptors (Lipinski definition) is 2. The van der Waals surface area contributed by atoms with E-state index in [1.807, 2.05) is 79.4 Å². The summed E-state index contributed by atoms with van der Waals surface area (Å²) in [5.41, 5.74) is 5.27. The second kappa shape index (κ2) is 11.2. The van der Waals surface area contributed by atoms with Crippen molar-refractivity contribution < 1.29 is 9.53 Å². The first-order valence-electron chi connectivity index (χ1n) is 10.9. The summed E-state index contributed by atoms with van der Waals surface area (Å²) in [4.78, 5) is 14.9. The summed E-state index contributed by atoms with van der Waals surface area (Å²) < 4.78 is 5.88. The van der Waals surface area contributed by atoms with E-state index in [1.54, 1.807) is 0 Å². The molecule has 1 N–H and O–H groups in total. The van der Waals surface area contributed by atoms with Crippen LogP contribution in [-0.2, 0) is 13.2 Å². The van der Waals surface area contributed by atoms with Gasteiger partial charge in [-0.15, -0.1) is 0 Å². The molecule has 0 aliphatic rings. The number of carbonyl (C=O) groups excluding carboxylic acids is 1. The smallest absolute Gasteiger partial charge is 0.322 e. The lowest BCUT2D eigenvalue weighted by Gasteiger charge is -2.24. The maximum atomic E-state index is 13.0. The highest BCUT2D eigenvalue weighted by Gasteiger charge is 2.16. The molecule has 0 atom stereocenters. The van der Waals surface area contributed by atoms with E-state index < -0.39 is 0 Å². The van der Waals surface area contributed by atoms with Crippen LogP contribution in [-0.4, -0.2) is 17.5 Å². The van der Waals surface area contributed by atoms with Gasteiger partial charge in [0.2, 0.25) is 0 Å². The van der Waals surface area contributed by atoms with Gasteiger partial charge in [-0.3, -0.25) is 0 Å². The highest BCUT2D eigenvalue weighted by molar-refractivity contribution is 5.91. The van der Waals surface area contributed by atoms with Crippen LogP contribution in [0.25, 0.3) is 0 Å². The van der Waals surface area contributed by atoms with Gasteiger partial charge in [0, 0.05) is 18.8 Å². The lowest BCUT2D eigenvalue weighted by atomic mass is 10.1. The minimum atomic E-state index is -0.0599. The van der Waals surface area contributed by atoms with Gasteiger partial charge >= 0.3 is 6.03 Å². The molecule has 3 aromatic rings. The predicted molar refractivity (Wildman–Crippen MR) is 127 cm³/mol. The average molecular weight is 417 g/mol. The Bertz CT molecular complexity index is 948. The normalized spacial score (nSPS) is 10.5. The number of nitrogens with one attached hydrogen (secondary N) is 1. The number of ether oxygens (including phenoxy) is 1. The molecule has 0 spiro atoms. The molecule has 0 fully saturated rings. The molecule has 2 amide bonds. The molecule has 162 valence electrons. The van der Waals surface area contributed by atoms with Gasteiger partial charge in [-0.05, 0) is 54.7 Å². The van der Waals surface area contributed by atoms with Crippen LogP contribution in [0.2, 0.25) is 0 Å². The Hall–Kier alpha value is -3.27. The van der Waals surface area contributed by atoms with E-state index in [9.17, 15) is 4.79 Å². The highest BCUT2D eigenvalue weighted by atomic mass is 16.5. The van der Waals surface area contributed by atoms with Gasteiger partial charge in [-0.25, -0.2) is 4.79 Å². The number of anilines is 1. The second-order valence-electron chi connectivity index (χ2n) is 7.89. The summed E-state index contributed by atoms with van der Waals surface area (Å²) in [5.74, 6) is 0.827. The topological polar surface area (TPSA) is 41.6 Å². The number of nitrogens with zero attached hydrogens (tertiary/aromatic N) is 1. The van der Waals surface area contributed by atoms with Crippen LogP contribution in [0.3, 0.4) is 0 Å². The quantitative estimate of drug-likeness (QED) is 0.421. The monoisotopic (exact) mass is 416 g/mol. The lowest BCUT2D eigenvalue weighted by Crippen LogP contribution is -2.35. The molecule has 4 nitrogen and oxygen atoms in total. The van der Waals surface area contributed by atoms with Crippen molar-refractivity contribution in [2.45, 2.75) is 46.8 Å². The average Bonchev–Trinajstić information content (AvgIpc) is 2.79. The zero-order chi connectivity index (χ0) is 22.1. The van der Waals surface area contributed by atoms with Crippen molar-refractivity contribution in [3.63, 3.8) is 0 Å². The van der Waals surface area contributed by atoms with Crippen molar-refractivity contribution >= 4 is 11.7 Å². The number of aryl methyl sites for hydroxylation is 2. The van der Waals surface area contributed by atoms with Crippen LogP contribution >= 0.6 is 0 Å². The Balaban J connectivity index is 1.63. The zero-order valence-corrected chi connectivity index (χ0v) is 18.7. The molecular weight excluding hydrogens is 384 g/mol. The molecule has 0 heterocycles. The molecule has 31 heavy (non-hydrogen) atoms. The van der Waals surface area contributed by atoms with Crippen molar-refractivity contribution in [2.75, 3.05) is 11.9 Å². The summed E-state index contributed by atoms with van der Waals surface area (Å²) in [6, 6.07) is 24.1. The van der Waals surface area contributed by atoms with Gasteiger partial charge in [0.25, 0.3) is 0 Å². The summed E-state index contributed by atoms with van der Waals surface area (Å²) in [6.45, 7) is 8.01. The minimum absolute atomic E-state index is 0.0599. The van der Waals surface area contributed by atoms with Gasteiger partial charge in [-0.2, -0.15) is 0 Å². The third-order valence-corrected chi connectivity index (χ3v) is 5.33. The van der Waals surface area contributed by atoms with Gasteiger partial charge in [0.1, 0.15) is 12.4 Å². The maximum absolute atomic E-state index is 13.0. The van der Waals surface area contributed by atoms with Gasteiger partial charge in [-0.1, -0.05) is 74.0 Å². The fourth-order valence-corrected chi connectivity index (χ4v) is 3.45. The van der Waals surface area contributed by atoms with E-state index in [0.717, 1.165) is 53.1 Å². The third-order valence-electron chi connectivity index (χ3n) is 5.33. The standard InChI is InChI=1S/C27H32N2O2/c1-4-5-18-29(27(30)28-26-21(2)10-9-11-22(26)3)19-23-14-16-25(17-15-23)31-20-24-12-7-6-8-13-24/h6-17H,4-5,18-20H2,1-3H3,(H,28,30). The molecule has 0 bridgehead atoms. The van der Waals surface area contributed by atoms with Crippen LogP contribution in [0.1, 0.15) is 42.0 Å². The molecule has 0 saturated carbocycles. The summed E-state index contributed by atoms with van der Waals surface area (Å²) in [5, 5.41) is 3.12. The van der Waals surface area contributed by atoms with E-state index in [2.05, 4.69) is 24.4 Å². The van der Waals surface area contributed by atoms with Crippen LogP contribution in [0, 0.1) is 13.8 Å². The molecule has 0 aliphatic heterocycles. The molecule has 0 saturated heterocycles. The molecule has 0 aliphatic carbocycles. The molecule has 3 rings (SSSR count). The molecular formula is C27H32N2O2. The van der Waals surface area contributed by atoms with Crippen molar-refractivity contribution in [1.29, 1.82) is 0 Å². The van der Waals surface area contributed by atoms with E-state index in [0.29, 0.717) is 13.2 Å². The third kappa shape index (κ3) is 6.61. The number of unbranched alkanes of at least 4 members (excludes halogenated alkanes) is 1. The fraction of sp³-hybridized carbons (Fsp3) is 0.296. The molecule has 0 aromatic heterocycles. The Kier molecular flexibility index (Phi) is 8.11. The summed E-state index contributed by atoms with van der Waals surface area (Å²) in [6.07, 6.45) is 2.01. The summed E-state index contributed by atoms with van der Waals surface area (Å²) >= 11 is 0. The van der Waals surface area contributed by atoms with Crippen LogP contribution < -0.4 is 10.1 Å². The Morgan fingerprint density at radius 1 is 0.871 bits per heavy atom. The maximum Gasteiger partial charge on any atom is 0.322 e. The van der Waals surface area contributed by atoms with Gasteiger partial charge < -0.3 is 15.0 Å². The zero-order valence-electron chi connectivity index (χ0n) is 18.7. The number of urea groups is 1. The van der Waals surface area contributed by atoms with E-state index >= 15 is 0 Å². The SMILES string of the molecule is CCCCN(Cc1ccc(OCc2ccccc2)cc1)C(=O)Nc1c(C)cccc1C. The number of amides is 2. The van der Waals surface area contributed by atoms with Crippen LogP contribution in [0.5, 0.6) is 5.75 Å². The largest absolute Gasteiger partial charge is 0.489 e. The van der Waals surface area contributed by atoms with Crippen LogP contribution in [0.15, 0.2) is 72.8 Å². The number of para-hydroxylation sites is 1. The van der Waals surface area contributed by atoms with Crippen molar-refractivity contribution in [1.82, 2.24) is 4.90 Å². The molecule has 3 aromatic carbocycles. The Morgan fingerprint density at radius 2 is 1.55 bits per heavy atom. The number of carbonyl (C=O) groups is 1. The van der Waals surface area contributed by atoms with Crippen molar-refractivity contribution in [3.8, 4) is 5.75 Å². The van der Waals surface area contributed by atoms with E-state index in [-0.39, 0.29) is 6.03 Å². The second-order valence-corrected chi connectivity index (χ2v) is 7.89. The highest BCUT2D eigenvalue weighted by Crippen LogP contribution is 2.21. The molecule has 0 radical (unpaired) electrons. The number of benzene rings is 3. The van der Waals surface area contributed by atoms with Gasteiger partial charge in [0.05, 0.1) is 0 Å². The van der Waals surface area contributed by atoms with Gasteiger partial charge in [0.15, 0.2) is 0 Å². The van der Waals surface area contributed by atoms with Crippen molar-refractivity contribution in [3.05, 3.63) is 95.1 Å². The lowest BCUT2D eigenvalue weighted by molar-refractivity contribution is 0.208. The first kappa shape index (κ1) is 22.4. The number of hydrogen-bond donors (Lipinski definition) is 1. The van der Waals surface area contributed by atoms with Crippen molar-refractivity contribution in [2.24, 2.45) is 0 Å². The number of rotatable bonds is 9. The molecule has 0 unspecified atom stereocenters. The van der Waals surface area contributed by atoms with Crippen LogP contribution in [0.4, 0.5) is 10.5 Å². The first-order valence-corrected chi connectivity index (χ1v) is 10.9. The summed E-state index contributed by atoms with van der Waals surface area (Å²) in [7, 11) is 0. The Labute approximate surface area is 185 Å². The Morgan fingerprint density at radius 3 is 2.19 bits per heavy atom. The molecule has 4 heteroatoms. The predicted octanol–water partition coefficient (Wildman–Crippen LogP) is 6.72. The van der Waals surface area contributed by atoms with E-state index in [4.69, 9.17) is 4.74 Å². The minimum Gasteiger partial charge on any atom is -0.489 e. The first-order chi connectivity index (χ1) is 15.1. The van der Waals surface area contributed by atoms with E-state index in [1.165, 1.54) is 0 Å². The fourth-order valence-electron chi connectivity index (χ4n) is 3.45.